The van der Waals surface area contributed by atoms with Crippen molar-refractivity contribution in [1.82, 2.24) is 5.32 Å². The Balaban J connectivity index is 3.05. The van der Waals surface area contributed by atoms with E-state index in [1.807, 2.05) is 0 Å². The molecule has 0 saturated carbocycles. The van der Waals surface area contributed by atoms with Gasteiger partial charge in [0, 0.05) is 11.6 Å². The van der Waals surface area contributed by atoms with Gasteiger partial charge in [-0.2, -0.15) is 0 Å². The molecule has 0 radical (unpaired) electrons. The maximum Gasteiger partial charge on any atom is 0.270 e. The van der Waals surface area contributed by atoms with Gasteiger partial charge in [0.05, 0.1) is 0 Å². The molecule has 1 aromatic carbocycles. The third kappa shape index (κ3) is 2.72. The van der Waals surface area contributed by atoms with Crippen LogP contribution in [0.15, 0.2) is 12.1 Å². The topological polar surface area (TPSA) is 93.4 Å². The van der Waals surface area contributed by atoms with Crippen molar-refractivity contribution in [2.75, 3.05) is 0 Å². The van der Waals surface area contributed by atoms with E-state index < -0.39 is 28.9 Å². The molecule has 1 amide bonds. The second kappa shape index (κ2) is 4.82. The molecule has 0 aliphatic heterocycles. The predicted molar refractivity (Wildman–Crippen MR) is 59.8 cm³/mol. The lowest BCUT2D eigenvalue weighted by Crippen LogP contribution is -2.36. The van der Waals surface area contributed by atoms with Crippen molar-refractivity contribution in [2.45, 2.75) is 19.9 Å². The maximum atomic E-state index is 13.5. The molecule has 0 heterocycles. The first-order valence-corrected chi connectivity index (χ1v) is 4.94. The predicted octanol–water partition coefficient (Wildman–Crippen LogP) is 1.13. The van der Waals surface area contributed by atoms with Gasteiger partial charge in [-0.1, -0.05) is 0 Å². The lowest BCUT2D eigenvalue weighted by molar-refractivity contribution is -0.115. The molecular weight excluding hydrogens is 227 g/mol. The summed E-state index contributed by atoms with van der Waals surface area (Å²) < 4.78 is 13.5. The van der Waals surface area contributed by atoms with Crippen LogP contribution < -0.4 is 5.32 Å². The zero-order valence-electron chi connectivity index (χ0n) is 9.41. The van der Waals surface area contributed by atoms with E-state index >= 15 is 0 Å². The van der Waals surface area contributed by atoms with Gasteiger partial charge >= 0.3 is 0 Å². The molecule has 0 spiro atoms. The third-order valence-electron chi connectivity index (χ3n) is 2.01. The molecule has 1 aromatic rings. The molecule has 0 bridgehead atoms. The van der Waals surface area contributed by atoms with Crippen molar-refractivity contribution < 1.29 is 19.4 Å². The Hall–Kier alpha value is -2.11. The van der Waals surface area contributed by atoms with Crippen molar-refractivity contribution in [1.29, 1.82) is 5.41 Å². The first kappa shape index (κ1) is 13.0. The molecule has 0 aliphatic carbocycles. The fourth-order valence-electron chi connectivity index (χ4n) is 1.20. The van der Waals surface area contributed by atoms with Crippen LogP contribution >= 0.6 is 0 Å². The molecule has 0 aliphatic rings. The monoisotopic (exact) mass is 240 g/mol. The van der Waals surface area contributed by atoms with E-state index in [0.717, 1.165) is 12.1 Å². The van der Waals surface area contributed by atoms with Crippen LogP contribution in [0.1, 0.15) is 19.4 Å². The van der Waals surface area contributed by atoms with Gasteiger partial charge in [-0.15, -0.1) is 0 Å². The summed E-state index contributed by atoms with van der Waals surface area (Å²) in [5.74, 6) is -3.54. The normalized spacial score (nSPS) is 10.4. The maximum absolute atomic E-state index is 13.5. The van der Waals surface area contributed by atoms with Crippen molar-refractivity contribution in [3.8, 4) is 11.5 Å². The second-order valence-electron chi connectivity index (χ2n) is 3.80. The Morgan fingerprint density at radius 1 is 1.41 bits per heavy atom. The number of aromatic hydroxyl groups is 2. The molecule has 0 aromatic heterocycles. The van der Waals surface area contributed by atoms with Gasteiger partial charge in [-0.05, 0) is 26.0 Å². The molecule has 5 nitrogen and oxygen atoms in total. The number of hydrogen-bond acceptors (Lipinski definition) is 4. The zero-order chi connectivity index (χ0) is 13.2. The summed E-state index contributed by atoms with van der Waals surface area (Å²) in [6, 6.07) is 1.90. The summed E-state index contributed by atoms with van der Waals surface area (Å²) in [5, 5.41) is 28.1. The number of nitrogens with one attached hydrogen (secondary N) is 2. The van der Waals surface area contributed by atoms with Gasteiger partial charge in [0.15, 0.2) is 17.3 Å². The van der Waals surface area contributed by atoms with Gasteiger partial charge < -0.3 is 15.5 Å². The van der Waals surface area contributed by atoms with Crippen LogP contribution in [0.4, 0.5) is 4.39 Å². The minimum Gasteiger partial charge on any atom is -0.504 e. The molecule has 92 valence electrons. The van der Waals surface area contributed by atoms with Gasteiger partial charge in [0.1, 0.15) is 5.71 Å². The molecule has 1 rings (SSSR count). The number of carbonyl (C=O) groups is 1. The van der Waals surface area contributed by atoms with E-state index in [1.54, 1.807) is 13.8 Å². The number of carbonyl (C=O) groups excluding carboxylic acids is 1. The van der Waals surface area contributed by atoms with Crippen molar-refractivity contribution in [2.24, 2.45) is 0 Å². The summed E-state index contributed by atoms with van der Waals surface area (Å²) in [6.07, 6.45) is 0. The molecular formula is C11H13FN2O3. The number of rotatable bonds is 3. The highest BCUT2D eigenvalue weighted by Gasteiger charge is 2.20. The molecule has 0 unspecified atom stereocenters. The summed E-state index contributed by atoms with van der Waals surface area (Å²) in [7, 11) is 0. The summed E-state index contributed by atoms with van der Waals surface area (Å²) in [5.41, 5.74) is -0.968. The number of phenolic OH excluding ortho intramolecular Hbond substituents is 2. The minimum absolute atomic E-state index is 0.184. The zero-order valence-corrected chi connectivity index (χ0v) is 9.41. The second-order valence-corrected chi connectivity index (χ2v) is 3.80. The quantitative estimate of drug-likeness (QED) is 0.471. The number of amides is 1. The van der Waals surface area contributed by atoms with E-state index in [-0.39, 0.29) is 11.6 Å². The highest BCUT2D eigenvalue weighted by molar-refractivity contribution is 6.44. The largest absolute Gasteiger partial charge is 0.504 e. The Bertz CT molecular complexity index is 472. The number of halogens is 1. The molecule has 0 atom stereocenters. The van der Waals surface area contributed by atoms with E-state index in [2.05, 4.69) is 5.32 Å². The molecule has 0 saturated heterocycles. The van der Waals surface area contributed by atoms with Crippen molar-refractivity contribution in [3.05, 3.63) is 23.5 Å². The van der Waals surface area contributed by atoms with Gasteiger partial charge in [-0.25, -0.2) is 4.39 Å². The van der Waals surface area contributed by atoms with E-state index in [0.29, 0.717) is 0 Å². The van der Waals surface area contributed by atoms with Crippen LogP contribution in [-0.2, 0) is 4.79 Å². The Labute approximate surface area is 97.4 Å². The molecule has 0 fully saturated rings. The fourth-order valence-corrected chi connectivity index (χ4v) is 1.20. The summed E-state index contributed by atoms with van der Waals surface area (Å²) >= 11 is 0. The highest BCUT2D eigenvalue weighted by atomic mass is 19.1. The van der Waals surface area contributed by atoms with Crippen molar-refractivity contribution >= 4 is 11.6 Å². The third-order valence-corrected chi connectivity index (χ3v) is 2.01. The minimum atomic E-state index is -1.19. The smallest absolute Gasteiger partial charge is 0.270 e. The first-order valence-electron chi connectivity index (χ1n) is 4.94. The van der Waals surface area contributed by atoms with Crippen LogP contribution in [0.5, 0.6) is 11.5 Å². The van der Waals surface area contributed by atoms with E-state index in [4.69, 9.17) is 15.6 Å². The van der Waals surface area contributed by atoms with Crippen LogP contribution in [0.2, 0.25) is 0 Å². The molecule has 4 N–H and O–H groups in total. The Morgan fingerprint density at radius 2 is 2.00 bits per heavy atom. The lowest BCUT2D eigenvalue weighted by Gasteiger charge is -2.10. The summed E-state index contributed by atoms with van der Waals surface area (Å²) in [4.78, 5) is 11.5. The molecule has 17 heavy (non-hydrogen) atoms. The van der Waals surface area contributed by atoms with E-state index in [1.165, 1.54) is 0 Å². The number of benzene rings is 1. The van der Waals surface area contributed by atoms with E-state index in [9.17, 15) is 9.18 Å². The van der Waals surface area contributed by atoms with Gasteiger partial charge in [0.2, 0.25) is 0 Å². The van der Waals surface area contributed by atoms with Gasteiger partial charge in [0.25, 0.3) is 5.91 Å². The van der Waals surface area contributed by atoms with Gasteiger partial charge in [-0.3, -0.25) is 10.2 Å². The standard InChI is InChI=1S/C11H13FN2O3/c1-5(2)14-11(17)9(13)6-3-4-7(15)10(16)8(6)12/h3-5,13,15-16H,1-2H3,(H,14,17). The van der Waals surface area contributed by atoms with Crippen LogP contribution in [0.25, 0.3) is 0 Å². The Morgan fingerprint density at radius 3 is 2.53 bits per heavy atom. The molecule has 6 heteroatoms. The number of hydrogen-bond donors (Lipinski definition) is 4. The fraction of sp³-hybridized carbons (Fsp3) is 0.273. The first-order chi connectivity index (χ1) is 7.84. The average molecular weight is 240 g/mol. The van der Waals surface area contributed by atoms with Crippen LogP contribution in [-0.4, -0.2) is 27.9 Å². The van der Waals surface area contributed by atoms with Crippen molar-refractivity contribution in [3.63, 3.8) is 0 Å². The van der Waals surface area contributed by atoms with Crippen LogP contribution in [0.3, 0.4) is 0 Å². The lowest BCUT2D eigenvalue weighted by atomic mass is 10.1. The summed E-state index contributed by atoms with van der Waals surface area (Å²) in [6.45, 7) is 3.41. The SMILES string of the molecule is CC(C)NC(=O)C(=N)c1ccc(O)c(O)c1F. The Kier molecular flexibility index (Phi) is 3.67. The number of phenols is 2. The van der Waals surface area contributed by atoms with Crippen LogP contribution in [0, 0.1) is 11.2 Å². The highest BCUT2D eigenvalue weighted by Crippen LogP contribution is 2.29. The average Bonchev–Trinajstić information content (AvgIpc) is 2.24.